The van der Waals surface area contributed by atoms with Gasteiger partial charge in [0.05, 0.1) is 13.2 Å². The molecule has 152 valence electrons. The number of aromatic nitrogens is 2. The summed E-state index contributed by atoms with van der Waals surface area (Å²) in [6, 6.07) is 0.448. The lowest BCUT2D eigenvalue weighted by Crippen LogP contribution is -2.42. The van der Waals surface area contributed by atoms with Crippen molar-refractivity contribution in [3.8, 4) is 0 Å². The summed E-state index contributed by atoms with van der Waals surface area (Å²) in [6.07, 6.45) is 4.23. The van der Waals surface area contributed by atoms with Crippen molar-refractivity contribution in [2.24, 2.45) is 11.8 Å². The lowest BCUT2D eigenvalue weighted by Gasteiger charge is -2.28. The van der Waals surface area contributed by atoms with E-state index in [1.807, 2.05) is 4.90 Å². The Bertz CT molecular complexity index is 632. The summed E-state index contributed by atoms with van der Waals surface area (Å²) in [5.41, 5.74) is 3.14. The normalized spacial score (nSPS) is 20.4. The van der Waals surface area contributed by atoms with Crippen LogP contribution in [0, 0.1) is 11.8 Å². The Balaban J connectivity index is 1.79. The molecule has 0 radical (unpaired) electrons. The second kappa shape index (κ2) is 9.20. The van der Waals surface area contributed by atoms with E-state index < -0.39 is 0 Å². The highest BCUT2D eigenvalue weighted by molar-refractivity contribution is 5.94. The summed E-state index contributed by atoms with van der Waals surface area (Å²) in [5, 5.41) is 8.51. The summed E-state index contributed by atoms with van der Waals surface area (Å²) in [7, 11) is 0. The number of ether oxygens (including phenoxy) is 1. The van der Waals surface area contributed by atoms with Crippen LogP contribution in [0.25, 0.3) is 0 Å². The van der Waals surface area contributed by atoms with Crippen LogP contribution in [0.15, 0.2) is 0 Å². The molecular weight excluding hydrogens is 340 g/mol. The number of carbonyl (C=O) groups is 1. The molecule has 2 aliphatic rings. The van der Waals surface area contributed by atoms with Crippen LogP contribution in [0.3, 0.4) is 0 Å². The zero-order chi connectivity index (χ0) is 19.4. The van der Waals surface area contributed by atoms with Gasteiger partial charge in [0.1, 0.15) is 0 Å². The first kappa shape index (κ1) is 20.3. The third kappa shape index (κ3) is 5.11. The van der Waals surface area contributed by atoms with Gasteiger partial charge in [-0.25, -0.2) is 0 Å². The lowest BCUT2D eigenvalue weighted by molar-refractivity contribution is 0.0297. The number of nitrogens with zero attached hydrogens (tertiary/aromatic N) is 3. The second-order valence-corrected chi connectivity index (χ2v) is 8.83. The zero-order valence-electron chi connectivity index (χ0n) is 17.5. The first-order valence-electron chi connectivity index (χ1n) is 10.6. The van der Waals surface area contributed by atoms with Gasteiger partial charge in [-0.2, -0.15) is 5.10 Å². The smallest absolute Gasteiger partial charge is 0.274 e. The fraction of sp³-hybridized carbons (Fsp3) is 0.810. The lowest BCUT2D eigenvalue weighted by atomic mass is 9.90. The second-order valence-electron chi connectivity index (χ2n) is 8.83. The fourth-order valence-electron chi connectivity index (χ4n) is 4.02. The van der Waals surface area contributed by atoms with Gasteiger partial charge in [-0.3, -0.25) is 9.48 Å². The van der Waals surface area contributed by atoms with Gasteiger partial charge in [0.25, 0.3) is 5.91 Å². The Labute approximate surface area is 163 Å². The van der Waals surface area contributed by atoms with Crippen LogP contribution in [0.5, 0.6) is 0 Å². The minimum Gasteiger partial charge on any atom is -0.378 e. The van der Waals surface area contributed by atoms with E-state index in [0.29, 0.717) is 49.9 Å². The Hall–Kier alpha value is -1.40. The molecule has 1 fully saturated rings. The van der Waals surface area contributed by atoms with Gasteiger partial charge in [-0.15, -0.1) is 0 Å². The molecule has 1 aromatic heterocycles. The number of hydrogen-bond acceptors (Lipinski definition) is 4. The number of nitrogens with one attached hydrogen (secondary N) is 1. The number of rotatable bonds is 7. The molecule has 1 amide bonds. The van der Waals surface area contributed by atoms with E-state index in [2.05, 4.69) is 37.7 Å². The molecule has 0 bridgehead atoms. The predicted octanol–water partition coefficient (Wildman–Crippen LogP) is 2.50. The maximum atomic E-state index is 13.2. The van der Waals surface area contributed by atoms with Crippen LogP contribution < -0.4 is 5.32 Å². The Morgan fingerprint density at radius 1 is 1.22 bits per heavy atom. The van der Waals surface area contributed by atoms with Crippen molar-refractivity contribution in [2.45, 2.75) is 66.0 Å². The standard InChI is InChI=1S/C21H36N4O2/c1-15(2)7-8-22-17-5-6-19-18(13-17)20(23-25(19)14-16(3)4)21(26)24-9-11-27-12-10-24/h15-17,22H,5-14H2,1-4H3/t17-/m1/s1. The number of fused-ring (bicyclic) bond motifs is 1. The highest BCUT2D eigenvalue weighted by Crippen LogP contribution is 2.27. The summed E-state index contributed by atoms with van der Waals surface area (Å²) in [6.45, 7) is 13.4. The fourth-order valence-corrected chi connectivity index (χ4v) is 4.02. The highest BCUT2D eigenvalue weighted by atomic mass is 16.5. The number of carbonyl (C=O) groups excluding carboxylic acids is 1. The molecule has 0 aromatic carbocycles. The Morgan fingerprint density at radius 2 is 1.96 bits per heavy atom. The minimum absolute atomic E-state index is 0.0832. The van der Waals surface area contributed by atoms with Gasteiger partial charge >= 0.3 is 0 Å². The van der Waals surface area contributed by atoms with Gasteiger partial charge in [-0.05, 0) is 44.1 Å². The van der Waals surface area contributed by atoms with Crippen LogP contribution >= 0.6 is 0 Å². The number of hydrogen-bond donors (Lipinski definition) is 1. The van der Waals surface area contributed by atoms with Crippen molar-refractivity contribution in [2.75, 3.05) is 32.8 Å². The highest BCUT2D eigenvalue weighted by Gasteiger charge is 2.31. The maximum Gasteiger partial charge on any atom is 0.274 e. The third-order valence-corrected chi connectivity index (χ3v) is 5.54. The van der Waals surface area contributed by atoms with Gasteiger partial charge in [0, 0.05) is 36.9 Å². The van der Waals surface area contributed by atoms with Gasteiger partial charge in [-0.1, -0.05) is 27.7 Å². The molecule has 2 heterocycles. The average Bonchev–Trinajstić information content (AvgIpc) is 2.99. The Morgan fingerprint density at radius 3 is 2.63 bits per heavy atom. The van der Waals surface area contributed by atoms with E-state index in [9.17, 15) is 4.79 Å². The summed E-state index contributed by atoms with van der Waals surface area (Å²) >= 11 is 0. The molecule has 27 heavy (non-hydrogen) atoms. The molecule has 1 atom stereocenters. The quantitative estimate of drug-likeness (QED) is 0.794. The van der Waals surface area contributed by atoms with Crippen molar-refractivity contribution in [1.82, 2.24) is 20.0 Å². The molecule has 1 saturated heterocycles. The van der Waals surface area contributed by atoms with E-state index in [0.717, 1.165) is 32.4 Å². The summed E-state index contributed by atoms with van der Waals surface area (Å²) in [4.78, 5) is 15.1. The van der Waals surface area contributed by atoms with Gasteiger partial charge in [0.15, 0.2) is 5.69 Å². The maximum absolute atomic E-state index is 13.2. The van der Waals surface area contributed by atoms with Crippen LogP contribution in [0.1, 0.15) is 62.3 Å². The zero-order valence-corrected chi connectivity index (χ0v) is 17.5. The van der Waals surface area contributed by atoms with Crippen LogP contribution in [-0.2, 0) is 24.1 Å². The van der Waals surface area contributed by atoms with Gasteiger partial charge in [0.2, 0.25) is 0 Å². The predicted molar refractivity (Wildman–Crippen MR) is 107 cm³/mol. The van der Waals surface area contributed by atoms with Crippen molar-refractivity contribution in [3.63, 3.8) is 0 Å². The van der Waals surface area contributed by atoms with Crippen molar-refractivity contribution in [1.29, 1.82) is 0 Å². The molecule has 1 N–H and O–H groups in total. The molecule has 6 heteroatoms. The van der Waals surface area contributed by atoms with Crippen LogP contribution in [-0.4, -0.2) is 59.5 Å². The molecule has 0 unspecified atom stereocenters. The van der Waals surface area contributed by atoms with E-state index in [-0.39, 0.29) is 5.91 Å². The topological polar surface area (TPSA) is 59.4 Å². The monoisotopic (exact) mass is 376 g/mol. The summed E-state index contributed by atoms with van der Waals surface area (Å²) < 4.78 is 7.52. The van der Waals surface area contributed by atoms with E-state index in [1.54, 1.807) is 0 Å². The third-order valence-electron chi connectivity index (χ3n) is 5.54. The van der Waals surface area contributed by atoms with E-state index in [4.69, 9.17) is 9.84 Å². The molecular formula is C21H36N4O2. The molecule has 1 aromatic rings. The minimum atomic E-state index is 0.0832. The van der Waals surface area contributed by atoms with Crippen molar-refractivity contribution < 1.29 is 9.53 Å². The molecule has 0 saturated carbocycles. The van der Waals surface area contributed by atoms with Crippen LogP contribution in [0.2, 0.25) is 0 Å². The Kier molecular flexibility index (Phi) is 6.93. The van der Waals surface area contributed by atoms with E-state index in [1.165, 1.54) is 17.7 Å². The first-order chi connectivity index (χ1) is 13.0. The average molecular weight is 377 g/mol. The van der Waals surface area contributed by atoms with Crippen molar-refractivity contribution >= 4 is 5.91 Å². The van der Waals surface area contributed by atoms with Crippen LogP contribution in [0.4, 0.5) is 0 Å². The molecule has 1 aliphatic carbocycles. The molecule has 0 spiro atoms. The largest absolute Gasteiger partial charge is 0.378 e. The number of morpholine rings is 1. The van der Waals surface area contributed by atoms with Gasteiger partial charge < -0.3 is 15.0 Å². The molecule has 6 nitrogen and oxygen atoms in total. The van der Waals surface area contributed by atoms with Crippen molar-refractivity contribution in [3.05, 3.63) is 17.0 Å². The summed E-state index contributed by atoms with van der Waals surface area (Å²) in [5.74, 6) is 1.31. The SMILES string of the molecule is CC(C)CCN[C@@H]1CCc2c(c(C(=O)N3CCOCC3)nn2CC(C)C)C1. The first-order valence-corrected chi connectivity index (χ1v) is 10.6. The molecule has 3 rings (SSSR count). The van der Waals surface area contributed by atoms with E-state index >= 15 is 0 Å². The molecule has 1 aliphatic heterocycles. The number of amides is 1.